The summed E-state index contributed by atoms with van der Waals surface area (Å²) in [5.41, 5.74) is 0. The van der Waals surface area contributed by atoms with E-state index in [0.717, 1.165) is 12.3 Å². The van der Waals surface area contributed by atoms with Crippen molar-refractivity contribution in [2.45, 2.75) is 45.1 Å². The third-order valence-electron chi connectivity index (χ3n) is 2.49. The predicted molar refractivity (Wildman–Crippen MR) is 51.3 cm³/mol. The molecule has 1 saturated carbocycles. The van der Waals surface area contributed by atoms with E-state index < -0.39 is 0 Å². The maximum atomic E-state index is 11.2. The molecule has 0 saturated heterocycles. The lowest BCUT2D eigenvalue weighted by atomic mass is 10.2. The molecule has 0 bridgehead atoms. The monoisotopic (exact) mass is 185 g/mol. The SMILES string of the molecule is CCCC1CC1NC(=O)CCCO. The molecule has 1 fully saturated rings. The second-order valence-electron chi connectivity index (χ2n) is 3.79. The third-order valence-corrected chi connectivity index (χ3v) is 2.49. The van der Waals surface area contributed by atoms with Crippen molar-refractivity contribution in [1.29, 1.82) is 0 Å². The fourth-order valence-electron chi connectivity index (χ4n) is 1.63. The lowest BCUT2D eigenvalue weighted by Crippen LogP contribution is -2.26. The van der Waals surface area contributed by atoms with Crippen LogP contribution in [0.25, 0.3) is 0 Å². The lowest BCUT2D eigenvalue weighted by Gasteiger charge is -2.02. The minimum absolute atomic E-state index is 0.0950. The first kappa shape index (κ1) is 10.5. The van der Waals surface area contributed by atoms with Crippen LogP contribution in [0.3, 0.4) is 0 Å². The van der Waals surface area contributed by atoms with Gasteiger partial charge in [-0.15, -0.1) is 0 Å². The molecule has 0 heterocycles. The molecule has 1 aliphatic rings. The molecule has 0 aromatic heterocycles. The Morgan fingerprint density at radius 3 is 3.00 bits per heavy atom. The first-order valence-corrected chi connectivity index (χ1v) is 5.18. The molecule has 2 N–H and O–H groups in total. The summed E-state index contributed by atoms with van der Waals surface area (Å²) in [5, 5.41) is 11.5. The van der Waals surface area contributed by atoms with Gasteiger partial charge in [-0.25, -0.2) is 0 Å². The largest absolute Gasteiger partial charge is 0.396 e. The van der Waals surface area contributed by atoms with Crippen LogP contribution >= 0.6 is 0 Å². The van der Waals surface area contributed by atoms with Crippen LogP contribution < -0.4 is 5.32 Å². The van der Waals surface area contributed by atoms with Gasteiger partial charge in [-0.3, -0.25) is 4.79 Å². The third kappa shape index (κ3) is 3.77. The second-order valence-corrected chi connectivity index (χ2v) is 3.79. The minimum atomic E-state index is 0.0950. The summed E-state index contributed by atoms with van der Waals surface area (Å²) >= 11 is 0. The molecule has 13 heavy (non-hydrogen) atoms. The highest BCUT2D eigenvalue weighted by Gasteiger charge is 2.36. The van der Waals surface area contributed by atoms with E-state index in [1.807, 2.05) is 0 Å². The molecular weight excluding hydrogens is 166 g/mol. The number of nitrogens with one attached hydrogen (secondary N) is 1. The number of aliphatic hydroxyl groups is 1. The van der Waals surface area contributed by atoms with Crippen LogP contribution in [0.2, 0.25) is 0 Å². The Morgan fingerprint density at radius 2 is 2.38 bits per heavy atom. The predicted octanol–water partition coefficient (Wildman–Crippen LogP) is 1.06. The number of aliphatic hydroxyl groups excluding tert-OH is 1. The Labute approximate surface area is 79.5 Å². The van der Waals surface area contributed by atoms with Gasteiger partial charge in [-0.1, -0.05) is 13.3 Å². The maximum absolute atomic E-state index is 11.2. The minimum Gasteiger partial charge on any atom is -0.396 e. The Kier molecular flexibility index (Phi) is 4.22. The fourth-order valence-corrected chi connectivity index (χ4v) is 1.63. The van der Waals surface area contributed by atoms with Crippen LogP contribution in [0.5, 0.6) is 0 Å². The van der Waals surface area contributed by atoms with Gasteiger partial charge in [0.25, 0.3) is 0 Å². The summed E-state index contributed by atoms with van der Waals surface area (Å²) in [5.74, 6) is 0.820. The fraction of sp³-hybridized carbons (Fsp3) is 0.900. The zero-order chi connectivity index (χ0) is 9.68. The average Bonchev–Trinajstić information content (AvgIpc) is 2.81. The Morgan fingerprint density at radius 1 is 1.62 bits per heavy atom. The van der Waals surface area contributed by atoms with Crippen molar-refractivity contribution in [3.63, 3.8) is 0 Å². The van der Waals surface area contributed by atoms with Crippen molar-refractivity contribution in [3.05, 3.63) is 0 Å². The van der Waals surface area contributed by atoms with Gasteiger partial charge in [0.15, 0.2) is 0 Å². The Balaban J connectivity index is 2.03. The zero-order valence-electron chi connectivity index (χ0n) is 8.25. The van der Waals surface area contributed by atoms with E-state index in [2.05, 4.69) is 12.2 Å². The van der Waals surface area contributed by atoms with Crippen LogP contribution in [0, 0.1) is 5.92 Å². The first-order chi connectivity index (χ1) is 6.27. The molecular formula is C10H19NO2. The van der Waals surface area contributed by atoms with Gasteiger partial charge in [0.1, 0.15) is 0 Å². The molecule has 1 rings (SSSR count). The lowest BCUT2D eigenvalue weighted by molar-refractivity contribution is -0.121. The number of amides is 1. The van der Waals surface area contributed by atoms with Gasteiger partial charge in [0.05, 0.1) is 0 Å². The Bertz CT molecular complexity index is 170. The van der Waals surface area contributed by atoms with E-state index in [1.165, 1.54) is 12.8 Å². The molecule has 76 valence electrons. The van der Waals surface area contributed by atoms with Crippen LogP contribution in [0.15, 0.2) is 0 Å². The molecule has 0 aromatic rings. The summed E-state index contributed by atoms with van der Waals surface area (Å²) < 4.78 is 0. The van der Waals surface area contributed by atoms with Gasteiger partial charge in [0.2, 0.25) is 5.91 Å². The summed E-state index contributed by atoms with van der Waals surface area (Å²) in [6.07, 6.45) is 4.63. The molecule has 0 radical (unpaired) electrons. The van der Waals surface area contributed by atoms with Gasteiger partial charge in [-0.05, 0) is 25.2 Å². The zero-order valence-corrected chi connectivity index (χ0v) is 8.25. The van der Waals surface area contributed by atoms with Crippen molar-refractivity contribution < 1.29 is 9.90 Å². The van der Waals surface area contributed by atoms with Crippen LogP contribution in [0.1, 0.15) is 39.0 Å². The van der Waals surface area contributed by atoms with E-state index in [0.29, 0.717) is 18.9 Å². The Hall–Kier alpha value is -0.570. The molecule has 0 aliphatic heterocycles. The standard InChI is InChI=1S/C10H19NO2/c1-2-4-8-7-9(8)11-10(13)5-3-6-12/h8-9,12H,2-7H2,1H3,(H,11,13). The molecule has 2 atom stereocenters. The topological polar surface area (TPSA) is 49.3 Å². The van der Waals surface area contributed by atoms with Crippen molar-refractivity contribution in [2.24, 2.45) is 5.92 Å². The van der Waals surface area contributed by atoms with Gasteiger partial charge in [0, 0.05) is 19.1 Å². The number of carbonyl (C=O) groups is 1. The molecule has 1 amide bonds. The summed E-state index contributed by atoms with van der Waals surface area (Å²) in [6.45, 7) is 2.28. The summed E-state index contributed by atoms with van der Waals surface area (Å²) in [7, 11) is 0. The van der Waals surface area contributed by atoms with Crippen LogP contribution in [-0.4, -0.2) is 23.7 Å². The average molecular weight is 185 g/mol. The number of hydrogen-bond acceptors (Lipinski definition) is 2. The van der Waals surface area contributed by atoms with E-state index in [9.17, 15) is 4.79 Å². The number of rotatable bonds is 6. The maximum Gasteiger partial charge on any atom is 0.220 e. The molecule has 0 spiro atoms. The smallest absolute Gasteiger partial charge is 0.220 e. The van der Waals surface area contributed by atoms with Crippen molar-refractivity contribution in [1.82, 2.24) is 5.32 Å². The second kappa shape index (κ2) is 5.22. The first-order valence-electron chi connectivity index (χ1n) is 5.18. The van der Waals surface area contributed by atoms with Gasteiger partial charge in [-0.2, -0.15) is 0 Å². The van der Waals surface area contributed by atoms with Crippen molar-refractivity contribution in [3.8, 4) is 0 Å². The highest BCUT2D eigenvalue weighted by molar-refractivity contribution is 5.76. The van der Waals surface area contributed by atoms with Gasteiger partial charge >= 0.3 is 0 Å². The molecule has 2 unspecified atom stereocenters. The van der Waals surface area contributed by atoms with E-state index in [4.69, 9.17) is 5.11 Å². The van der Waals surface area contributed by atoms with E-state index >= 15 is 0 Å². The normalized spacial score (nSPS) is 25.7. The quantitative estimate of drug-likeness (QED) is 0.650. The molecule has 1 aliphatic carbocycles. The van der Waals surface area contributed by atoms with E-state index in [1.54, 1.807) is 0 Å². The van der Waals surface area contributed by atoms with Crippen molar-refractivity contribution >= 4 is 5.91 Å². The molecule has 3 nitrogen and oxygen atoms in total. The number of carbonyl (C=O) groups excluding carboxylic acids is 1. The summed E-state index contributed by atoms with van der Waals surface area (Å²) in [6, 6.07) is 0.436. The van der Waals surface area contributed by atoms with Crippen molar-refractivity contribution in [2.75, 3.05) is 6.61 Å². The van der Waals surface area contributed by atoms with Gasteiger partial charge < -0.3 is 10.4 Å². The van der Waals surface area contributed by atoms with E-state index in [-0.39, 0.29) is 12.5 Å². The highest BCUT2D eigenvalue weighted by atomic mass is 16.3. The number of hydrogen-bond donors (Lipinski definition) is 2. The molecule has 0 aromatic carbocycles. The summed E-state index contributed by atoms with van der Waals surface area (Å²) in [4.78, 5) is 11.2. The van der Waals surface area contributed by atoms with Crippen LogP contribution in [-0.2, 0) is 4.79 Å². The molecule has 3 heteroatoms. The van der Waals surface area contributed by atoms with Crippen LogP contribution in [0.4, 0.5) is 0 Å². The highest BCUT2D eigenvalue weighted by Crippen LogP contribution is 2.34.